The maximum Gasteiger partial charge on any atom is 0.350 e. The van der Waals surface area contributed by atoms with Gasteiger partial charge in [0.1, 0.15) is 0 Å². The number of carbonyl (C=O) groups is 5. The third-order valence-electron chi connectivity index (χ3n) is 2.46. The van der Waals surface area contributed by atoms with E-state index >= 15 is 0 Å². The van der Waals surface area contributed by atoms with Gasteiger partial charge in [0.2, 0.25) is 0 Å². The molecule has 4 amide bonds. The first-order chi connectivity index (χ1) is 8.99. The number of nitrogens with zero attached hydrogens (tertiary/aromatic N) is 2. The lowest BCUT2D eigenvalue weighted by atomic mass is 10.4. The van der Waals surface area contributed by atoms with Crippen LogP contribution >= 0.6 is 8.58 Å². The largest absolute Gasteiger partial charge is 0.350 e. The minimum Gasteiger partial charge on any atom is -0.326 e. The maximum absolute atomic E-state index is 11.4. The van der Waals surface area contributed by atoms with Crippen LogP contribution in [0.3, 0.4) is 0 Å². The number of hydrogen-bond donors (Lipinski definition) is 0. The average molecular weight is 284 g/mol. The Bertz CT molecular complexity index is 480. The normalized spacial score (nSPS) is 19.4. The van der Waals surface area contributed by atoms with Crippen LogP contribution in [0.4, 0.5) is 4.79 Å². The van der Waals surface area contributed by atoms with Crippen LogP contribution in [-0.2, 0) is 24.0 Å². The standard InChI is InChI=1S/C10H9N2O6P/c13-6-1-2-7(14)11(6)5-19-10(17)18-12-8(15)3-4-9(12)16/h1-2,19H,3-5H2. The molecule has 2 heterocycles. The highest BCUT2D eigenvalue weighted by Crippen LogP contribution is 2.21. The van der Waals surface area contributed by atoms with Crippen molar-refractivity contribution in [3.8, 4) is 0 Å². The van der Waals surface area contributed by atoms with E-state index in [2.05, 4.69) is 4.84 Å². The maximum atomic E-state index is 11.4. The van der Waals surface area contributed by atoms with Crippen LogP contribution in [0.5, 0.6) is 0 Å². The monoisotopic (exact) mass is 284 g/mol. The zero-order valence-corrected chi connectivity index (χ0v) is 10.6. The summed E-state index contributed by atoms with van der Waals surface area (Å²) >= 11 is 0. The Morgan fingerprint density at radius 1 is 1.11 bits per heavy atom. The van der Waals surface area contributed by atoms with Gasteiger partial charge in [-0.2, -0.15) is 0 Å². The van der Waals surface area contributed by atoms with Crippen LogP contribution in [0.15, 0.2) is 12.2 Å². The van der Waals surface area contributed by atoms with Gasteiger partial charge < -0.3 is 4.84 Å². The van der Waals surface area contributed by atoms with E-state index in [9.17, 15) is 24.0 Å². The van der Waals surface area contributed by atoms with E-state index in [1.165, 1.54) is 0 Å². The van der Waals surface area contributed by atoms with Crippen molar-refractivity contribution in [3.63, 3.8) is 0 Å². The Hall–Kier alpha value is -2.08. The second kappa shape index (κ2) is 5.27. The molecular formula is C10H9N2O6P. The number of carbonyl (C=O) groups excluding carboxylic acids is 5. The summed E-state index contributed by atoms with van der Waals surface area (Å²) in [4.78, 5) is 61.7. The Balaban J connectivity index is 1.82. The van der Waals surface area contributed by atoms with Crippen LogP contribution in [0, 0.1) is 0 Å². The lowest BCUT2D eigenvalue weighted by Gasteiger charge is -2.15. The summed E-state index contributed by atoms with van der Waals surface area (Å²) in [6, 6.07) is 0. The Labute approximate surface area is 109 Å². The van der Waals surface area contributed by atoms with Gasteiger partial charge in [0, 0.05) is 33.6 Å². The van der Waals surface area contributed by atoms with Gasteiger partial charge in [0.25, 0.3) is 23.6 Å². The molecule has 1 atom stereocenters. The molecule has 9 heteroatoms. The van der Waals surface area contributed by atoms with Crippen molar-refractivity contribution in [2.45, 2.75) is 12.8 Å². The number of hydroxylamine groups is 2. The Morgan fingerprint density at radius 3 is 2.16 bits per heavy atom. The molecule has 0 aromatic rings. The fourth-order valence-electron chi connectivity index (χ4n) is 1.50. The molecule has 19 heavy (non-hydrogen) atoms. The summed E-state index contributed by atoms with van der Waals surface area (Å²) in [5.41, 5.74) is -0.823. The van der Waals surface area contributed by atoms with Crippen LogP contribution in [0.1, 0.15) is 12.8 Å². The molecular weight excluding hydrogens is 275 g/mol. The zero-order valence-electron chi connectivity index (χ0n) is 9.62. The van der Waals surface area contributed by atoms with Crippen molar-refractivity contribution in [1.29, 1.82) is 0 Å². The second-order valence-electron chi connectivity index (χ2n) is 3.73. The Kier molecular flexibility index (Phi) is 3.71. The fraction of sp³-hybridized carbons (Fsp3) is 0.300. The molecule has 100 valence electrons. The lowest BCUT2D eigenvalue weighted by Crippen LogP contribution is -2.32. The molecule has 1 fully saturated rings. The van der Waals surface area contributed by atoms with E-state index in [4.69, 9.17) is 0 Å². The van der Waals surface area contributed by atoms with Crippen molar-refractivity contribution in [2.24, 2.45) is 0 Å². The van der Waals surface area contributed by atoms with Gasteiger partial charge >= 0.3 is 5.71 Å². The molecule has 0 N–H and O–H groups in total. The van der Waals surface area contributed by atoms with Crippen LogP contribution in [-0.4, -0.2) is 45.6 Å². The van der Waals surface area contributed by atoms with E-state index in [1.54, 1.807) is 0 Å². The van der Waals surface area contributed by atoms with Gasteiger partial charge in [-0.15, -0.1) is 5.06 Å². The summed E-state index contributed by atoms with van der Waals surface area (Å²) in [5.74, 6) is -2.14. The highest BCUT2D eigenvalue weighted by molar-refractivity contribution is 7.57. The van der Waals surface area contributed by atoms with E-state index in [0.717, 1.165) is 17.1 Å². The van der Waals surface area contributed by atoms with E-state index < -0.39 is 37.9 Å². The van der Waals surface area contributed by atoms with Crippen LogP contribution in [0.2, 0.25) is 0 Å². The summed E-state index contributed by atoms with van der Waals surface area (Å²) in [5, 5.41) is 0.432. The smallest absolute Gasteiger partial charge is 0.326 e. The van der Waals surface area contributed by atoms with E-state index in [0.29, 0.717) is 5.06 Å². The summed E-state index contributed by atoms with van der Waals surface area (Å²) in [7, 11) is -0.545. The molecule has 1 saturated heterocycles. The van der Waals surface area contributed by atoms with Gasteiger partial charge in [-0.25, -0.2) is 4.79 Å². The highest BCUT2D eigenvalue weighted by Gasteiger charge is 2.33. The lowest BCUT2D eigenvalue weighted by molar-refractivity contribution is -0.169. The number of hydrogen-bond acceptors (Lipinski definition) is 6. The molecule has 2 aliphatic rings. The number of imide groups is 2. The predicted molar refractivity (Wildman–Crippen MR) is 61.7 cm³/mol. The minimum absolute atomic E-state index is 0.0161. The molecule has 1 unspecified atom stereocenters. The molecule has 0 radical (unpaired) electrons. The molecule has 0 aromatic carbocycles. The summed E-state index contributed by atoms with van der Waals surface area (Å²) < 4.78 is 0. The topological polar surface area (TPSA) is 101 Å². The van der Waals surface area contributed by atoms with Gasteiger partial charge in [0.05, 0.1) is 6.29 Å². The molecule has 0 bridgehead atoms. The first-order valence-electron chi connectivity index (χ1n) is 5.34. The minimum atomic E-state index is -0.823. The summed E-state index contributed by atoms with van der Waals surface area (Å²) in [6.07, 6.45) is 2.11. The second-order valence-corrected chi connectivity index (χ2v) is 4.81. The van der Waals surface area contributed by atoms with Gasteiger partial charge in [-0.05, 0) is 0 Å². The molecule has 0 saturated carbocycles. The Morgan fingerprint density at radius 2 is 1.63 bits per heavy atom. The molecule has 8 nitrogen and oxygen atoms in total. The first kappa shape index (κ1) is 13.4. The van der Waals surface area contributed by atoms with Gasteiger partial charge in [-0.3, -0.25) is 24.1 Å². The van der Waals surface area contributed by atoms with Crippen LogP contribution < -0.4 is 0 Å². The van der Waals surface area contributed by atoms with E-state index in [-0.39, 0.29) is 19.1 Å². The van der Waals surface area contributed by atoms with Crippen molar-refractivity contribution in [1.82, 2.24) is 9.96 Å². The first-order valence-corrected chi connectivity index (χ1v) is 6.55. The van der Waals surface area contributed by atoms with Crippen molar-refractivity contribution >= 4 is 37.9 Å². The van der Waals surface area contributed by atoms with Gasteiger partial charge in [0.15, 0.2) is 0 Å². The SMILES string of the molecule is O=C(ON1C(=O)CCC1=O)PCN1C(=O)C=CC1=O. The number of rotatable bonds is 4. The highest BCUT2D eigenvalue weighted by atomic mass is 31.1. The van der Waals surface area contributed by atoms with Crippen molar-refractivity contribution < 1.29 is 28.8 Å². The average Bonchev–Trinajstić information content (AvgIpc) is 2.84. The number of amides is 4. The van der Waals surface area contributed by atoms with Crippen molar-refractivity contribution in [2.75, 3.05) is 6.29 Å². The predicted octanol–water partition coefficient (Wildman–Crippen LogP) is -0.252. The zero-order chi connectivity index (χ0) is 14.0. The third-order valence-corrected chi connectivity index (χ3v) is 3.32. The quantitative estimate of drug-likeness (QED) is 0.521. The molecule has 2 aliphatic heterocycles. The van der Waals surface area contributed by atoms with E-state index in [1.807, 2.05) is 0 Å². The molecule has 0 aliphatic carbocycles. The van der Waals surface area contributed by atoms with Crippen LogP contribution in [0.25, 0.3) is 0 Å². The molecule has 2 rings (SSSR count). The molecule has 0 aromatic heterocycles. The fourth-order valence-corrected chi connectivity index (χ4v) is 2.26. The van der Waals surface area contributed by atoms with Gasteiger partial charge in [-0.1, -0.05) is 0 Å². The van der Waals surface area contributed by atoms with Crippen molar-refractivity contribution in [3.05, 3.63) is 12.2 Å². The summed E-state index contributed by atoms with van der Waals surface area (Å²) in [6.45, 7) is 0. The molecule has 0 spiro atoms. The third kappa shape index (κ3) is 2.85.